The molecule has 0 radical (unpaired) electrons. The molecule has 1 aromatic rings. The van der Waals surface area contributed by atoms with E-state index in [2.05, 4.69) is 15.6 Å². The van der Waals surface area contributed by atoms with Gasteiger partial charge in [-0.05, 0) is 19.8 Å². The van der Waals surface area contributed by atoms with E-state index >= 15 is 0 Å². The minimum absolute atomic E-state index is 0.0408. The zero-order valence-electron chi connectivity index (χ0n) is 10.9. The summed E-state index contributed by atoms with van der Waals surface area (Å²) >= 11 is 1.23. The van der Waals surface area contributed by atoms with E-state index in [1.807, 2.05) is 6.92 Å². The van der Waals surface area contributed by atoms with Gasteiger partial charge in [-0.25, -0.2) is 4.98 Å². The molecule has 0 saturated carbocycles. The minimum Gasteiger partial charge on any atom is -0.376 e. The fourth-order valence-electron chi connectivity index (χ4n) is 1.96. The lowest BCUT2D eigenvalue weighted by molar-refractivity contribution is -0.114. The molecule has 0 unspecified atom stereocenters. The van der Waals surface area contributed by atoms with Crippen molar-refractivity contribution in [2.45, 2.75) is 38.8 Å². The third kappa shape index (κ3) is 3.74. The molecule has 1 aromatic heterocycles. The Balaban J connectivity index is 1.91. The monoisotopic (exact) mass is 283 g/mol. The lowest BCUT2D eigenvalue weighted by Crippen LogP contribution is -2.40. The van der Waals surface area contributed by atoms with Gasteiger partial charge in [0.25, 0.3) is 5.91 Å². The van der Waals surface area contributed by atoms with Crippen LogP contribution in [0.2, 0.25) is 0 Å². The maximum Gasteiger partial charge on any atom is 0.271 e. The summed E-state index contributed by atoms with van der Waals surface area (Å²) < 4.78 is 5.52. The highest BCUT2D eigenvalue weighted by atomic mass is 32.1. The number of hydrogen-bond acceptors (Lipinski definition) is 5. The molecule has 2 rings (SSSR count). The van der Waals surface area contributed by atoms with Gasteiger partial charge in [0.15, 0.2) is 5.13 Å². The Morgan fingerprint density at radius 2 is 2.37 bits per heavy atom. The highest BCUT2D eigenvalue weighted by Crippen LogP contribution is 2.17. The van der Waals surface area contributed by atoms with Gasteiger partial charge in [-0.2, -0.15) is 0 Å². The van der Waals surface area contributed by atoms with Crippen LogP contribution in [0.4, 0.5) is 5.13 Å². The van der Waals surface area contributed by atoms with E-state index < -0.39 is 0 Å². The molecule has 0 spiro atoms. The van der Waals surface area contributed by atoms with Crippen molar-refractivity contribution in [1.82, 2.24) is 10.3 Å². The van der Waals surface area contributed by atoms with Gasteiger partial charge in [0.2, 0.25) is 5.91 Å². The summed E-state index contributed by atoms with van der Waals surface area (Å²) in [5.41, 5.74) is 0.318. The summed E-state index contributed by atoms with van der Waals surface area (Å²) in [4.78, 5) is 26.9. The summed E-state index contributed by atoms with van der Waals surface area (Å²) in [6.07, 6.45) is 2.08. The van der Waals surface area contributed by atoms with E-state index in [1.54, 1.807) is 5.38 Å². The predicted molar refractivity (Wildman–Crippen MR) is 72.3 cm³/mol. The second kappa shape index (κ2) is 6.12. The number of nitrogens with zero attached hydrogens (tertiary/aromatic N) is 1. The van der Waals surface area contributed by atoms with Crippen molar-refractivity contribution in [2.24, 2.45) is 0 Å². The average molecular weight is 283 g/mol. The van der Waals surface area contributed by atoms with Crippen molar-refractivity contribution in [1.29, 1.82) is 0 Å². The third-order valence-electron chi connectivity index (χ3n) is 2.90. The first-order chi connectivity index (χ1) is 9.06. The van der Waals surface area contributed by atoms with Crippen LogP contribution in [0.15, 0.2) is 5.38 Å². The third-order valence-corrected chi connectivity index (χ3v) is 3.66. The molecule has 1 saturated heterocycles. The van der Waals surface area contributed by atoms with Gasteiger partial charge in [0.05, 0.1) is 12.1 Å². The molecule has 2 atom stereocenters. The van der Waals surface area contributed by atoms with E-state index in [0.29, 0.717) is 10.8 Å². The summed E-state index contributed by atoms with van der Waals surface area (Å²) in [7, 11) is 0. The molecular weight excluding hydrogens is 266 g/mol. The number of aromatic nitrogens is 1. The van der Waals surface area contributed by atoms with Crippen LogP contribution < -0.4 is 10.6 Å². The molecule has 2 heterocycles. The number of rotatable bonds is 4. The first-order valence-corrected chi connectivity index (χ1v) is 7.10. The lowest BCUT2D eigenvalue weighted by atomic mass is 10.1. The van der Waals surface area contributed by atoms with Gasteiger partial charge in [-0.15, -0.1) is 11.3 Å². The largest absolute Gasteiger partial charge is 0.376 e. The van der Waals surface area contributed by atoms with Gasteiger partial charge in [0, 0.05) is 18.9 Å². The molecule has 104 valence electrons. The first-order valence-electron chi connectivity index (χ1n) is 6.22. The molecular formula is C12H17N3O3S. The van der Waals surface area contributed by atoms with Crippen molar-refractivity contribution in [3.8, 4) is 0 Å². The van der Waals surface area contributed by atoms with Crippen LogP contribution in [-0.4, -0.2) is 35.6 Å². The van der Waals surface area contributed by atoms with Crippen LogP contribution in [0.1, 0.15) is 37.2 Å². The fourth-order valence-corrected chi connectivity index (χ4v) is 2.69. The molecule has 0 aliphatic carbocycles. The van der Waals surface area contributed by atoms with Gasteiger partial charge in [-0.1, -0.05) is 0 Å². The Bertz CT molecular complexity index is 469. The topological polar surface area (TPSA) is 80.3 Å². The molecule has 7 heteroatoms. The zero-order valence-corrected chi connectivity index (χ0v) is 11.8. The van der Waals surface area contributed by atoms with Crippen LogP contribution in [0.3, 0.4) is 0 Å². The summed E-state index contributed by atoms with van der Waals surface area (Å²) in [5, 5.41) is 7.49. The number of nitrogens with one attached hydrogen (secondary N) is 2. The zero-order chi connectivity index (χ0) is 13.8. The van der Waals surface area contributed by atoms with Crippen LogP contribution in [0.25, 0.3) is 0 Å². The Kier molecular flexibility index (Phi) is 4.49. The Labute approximate surface area is 115 Å². The second-order valence-corrected chi connectivity index (χ2v) is 5.39. The molecule has 0 bridgehead atoms. The van der Waals surface area contributed by atoms with E-state index in [-0.39, 0.29) is 24.0 Å². The summed E-state index contributed by atoms with van der Waals surface area (Å²) in [5.74, 6) is -0.440. The number of thiazole rings is 1. The number of carbonyl (C=O) groups is 2. The van der Waals surface area contributed by atoms with E-state index in [0.717, 1.165) is 19.4 Å². The van der Waals surface area contributed by atoms with Gasteiger partial charge < -0.3 is 15.4 Å². The van der Waals surface area contributed by atoms with Crippen molar-refractivity contribution in [3.05, 3.63) is 11.1 Å². The highest BCUT2D eigenvalue weighted by Gasteiger charge is 2.24. The molecule has 0 aromatic carbocycles. The van der Waals surface area contributed by atoms with Crippen molar-refractivity contribution in [3.63, 3.8) is 0 Å². The SMILES string of the molecule is CC(=O)Nc1nc(C(=O)N[C@H](C)[C@@H]2CCCO2)cs1. The summed E-state index contributed by atoms with van der Waals surface area (Å²) in [6.45, 7) is 4.09. The molecule has 19 heavy (non-hydrogen) atoms. The minimum atomic E-state index is -0.240. The first kappa shape index (κ1) is 14.0. The maximum atomic E-state index is 12.0. The molecule has 1 aliphatic rings. The molecule has 1 fully saturated rings. The fraction of sp³-hybridized carbons (Fsp3) is 0.583. The van der Waals surface area contributed by atoms with Gasteiger partial charge >= 0.3 is 0 Å². The number of amides is 2. The van der Waals surface area contributed by atoms with Crippen molar-refractivity contribution in [2.75, 3.05) is 11.9 Å². The van der Waals surface area contributed by atoms with E-state index in [9.17, 15) is 9.59 Å². The highest BCUT2D eigenvalue weighted by molar-refractivity contribution is 7.14. The second-order valence-electron chi connectivity index (χ2n) is 4.53. The van der Waals surface area contributed by atoms with Crippen LogP contribution >= 0.6 is 11.3 Å². The van der Waals surface area contributed by atoms with Crippen LogP contribution in [-0.2, 0) is 9.53 Å². The number of hydrogen-bond donors (Lipinski definition) is 2. The molecule has 2 amide bonds. The van der Waals surface area contributed by atoms with E-state index in [1.165, 1.54) is 18.3 Å². The number of ether oxygens (including phenoxy) is 1. The normalized spacial score (nSPS) is 20.0. The molecule has 6 nitrogen and oxygen atoms in total. The number of carbonyl (C=O) groups excluding carboxylic acids is 2. The Morgan fingerprint density at radius 3 is 3.00 bits per heavy atom. The molecule has 1 aliphatic heterocycles. The van der Waals surface area contributed by atoms with Gasteiger partial charge in [-0.3, -0.25) is 9.59 Å². The van der Waals surface area contributed by atoms with Crippen molar-refractivity contribution < 1.29 is 14.3 Å². The lowest BCUT2D eigenvalue weighted by Gasteiger charge is -2.19. The molecule has 2 N–H and O–H groups in total. The smallest absolute Gasteiger partial charge is 0.271 e. The average Bonchev–Trinajstić information content (AvgIpc) is 2.97. The predicted octanol–water partition coefficient (Wildman–Crippen LogP) is 1.40. The van der Waals surface area contributed by atoms with Crippen molar-refractivity contribution >= 4 is 28.3 Å². The van der Waals surface area contributed by atoms with Crippen LogP contribution in [0, 0.1) is 0 Å². The number of anilines is 1. The van der Waals surface area contributed by atoms with Gasteiger partial charge in [0.1, 0.15) is 5.69 Å². The van der Waals surface area contributed by atoms with E-state index in [4.69, 9.17) is 4.74 Å². The summed E-state index contributed by atoms with van der Waals surface area (Å²) in [6, 6.07) is -0.0408. The maximum absolute atomic E-state index is 12.0. The van der Waals surface area contributed by atoms with Crippen LogP contribution in [0.5, 0.6) is 0 Å². The Hall–Kier alpha value is -1.47. The standard InChI is InChI=1S/C12H17N3O3S/c1-7(10-4-3-5-18-10)13-11(17)9-6-19-12(15-9)14-8(2)16/h6-7,10H,3-5H2,1-2H3,(H,13,17)(H,14,15,16)/t7-,10+/m1/s1. The quantitative estimate of drug-likeness (QED) is 0.875. The Morgan fingerprint density at radius 1 is 1.58 bits per heavy atom.